The quantitative estimate of drug-likeness (QED) is 0.685. The lowest BCUT2D eigenvalue weighted by molar-refractivity contribution is 0.570. The summed E-state index contributed by atoms with van der Waals surface area (Å²) in [5, 5.41) is 3.52. The van der Waals surface area contributed by atoms with Crippen molar-refractivity contribution in [1.29, 1.82) is 0 Å². The van der Waals surface area contributed by atoms with E-state index in [-0.39, 0.29) is 0 Å². The lowest BCUT2D eigenvalue weighted by Crippen LogP contribution is -2.19. The molecule has 1 unspecified atom stereocenters. The Labute approximate surface area is 124 Å². The standard InChI is InChI=1S/C15H24BrNS/c1-5-8-17-12(4)13-6-7-15(14(16)9-13)18-10-11(2)3/h6-7,9,11-12,17H,5,8,10H2,1-4H3. The Balaban J connectivity index is 2.66. The maximum Gasteiger partial charge on any atom is 0.0314 e. The van der Waals surface area contributed by atoms with Crippen LogP contribution in [-0.4, -0.2) is 12.3 Å². The van der Waals surface area contributed by atoms with Gasteiger partial charge in [-0.3, -0.25) is 0 Å². The fraction of sp³-hybridized carbons (Fsp3) is 0.600. The van der Waals surface area contributed by atoms with Gasteiger partial charge in [0.1, 0.15) is 0 Å². The lowest BCUT2D eigenvalue weighted by atomic mass is 10.1. The summed E-state index contributed by atoms with van der Waals surface area (Å²) in [6.07, 6.45) is 1.17. The number of hydrogen-bond donors (Lipinski definition) is 1. The molecule has 0 bridgehead atoms. The van der Waals surface area contributed by atoms with E-state index in [0.717, 1.165) is 12.5 Å². The van der Waals surface area contributed by atoms with Gasteiger partial charge in [0.2, 0.25) is 0 Å². The molecule has 0 saturated carbocycles. The summed E-state index contributed by atoms with van der Waals surface area (Å²) in [6.45, 7) is 10.0. The zero-order chi connectivity index (χ0) is 13.5. The number of rotatable bonds is 7. The van der Waals surface area contributed by atoms with Crippen molar-refractivity contribution in [3.05, 3.63) is 28.2 Å². The Hall–Kier alpha value is 0.01000. The third kappa shape index (κ3) is 5.33. The average Bonchev–Trinajstić information content (AvgIpc) is 2.34. The highest BCUT2D eigenvalue weighted by Crippen LogP contribution is 2.31. The van der Waals surface area contributed by atoms with E-state index >= 15 is 0 Å². The Bertz CT molecular complexity index is 366. The summed E-state index contributed by atoms with van der Waals surface area (Å²) in [7, 11) is 0. The molecule has 3 heteroatoms. The van der Waals surface area contributed by atoms with Gasteiger partial charge in [-0.25, -0.2) is 0 Å². The van der Waals surface area contributed by atoms with Crippen molar-refractivity contribution in [3.63, 3.8) is 0 Å². The van der Waals surface area contributed by atoms with E-state index in [2.05, 4.69) is 67.1 Å². The molecule has 1 rings (SSSR count). The van der Waals surface area contributed by atoms with Crippen molar-refractivity contribution in [3.8, 4) is 0 Å². The predicted molar refractivity (Wildman–Crippen MR) is 86.4 cm³/mol. The smallest absolute Gasteiger partial charge is 0.0314 e. The molecule has 0 aliphatic rings. The molecule has 0 radical (unpaired) electrons. The molecule has 0 aromatic heterocycles. The Morgan fingerprint density at radius 1 is 1.28 bits per heavy atom. The van der Waals surface area contributed by atoms with Gasteiger partial charge in [-0.2, -0.15) is 0 Å². The maximum absolute atomic E-state index is 3.69. The zero-order valence-corrected chi connectivity index (χ0v) is 14.2. The third-order valence-corrected chi connectivity index (χ3v) is 5.15. The second-order valence-electron chi connectivity index (χ2n) is 5.07. The molecule has 102 valence electrons. The molecule has 0 aliphatic heterocycles. The minimum absolute atomic E-state index is 0.422. The van der Waals surface area contributed by atoms with Crippen LogP contribution in [-0.2, 0) is 0 Å². The molecule has 1 atom stereocenters. The minimum Gasteiger partial charge on any atom is -0.310 e. The fourth-order valence-corrected chi connectivity index (χ4v) is 3.25. The molecular weight excluding hydrogens is 306 g/mol. The van der Waals surface area contributed by atoms with E-state index < -0.39 is 0 Å². The van der Waals surface area contributed by atoms with Crippen LogP contribution in [0.15, 0.2) is 27.6 Å². The molecule has 18 heavy (non-hydrogen) atoms. The van der Waals surface area contributed by atoms with Crippen LogP contribution in [0.4, 0.5) is 0 Å². The first-order chi connectivity index (χ1) is 8.54. The maximum atomic E-state index is 3.69. The van der Waals surface area contributed by atoms with Gasteiger partial charge in [0.05, 0.1) is 0 Å². The summed E-state index contributed by atoms with van der Waals surface area (Å²) < 4.78 is 1.22. The number of benzene rings is 1. The molecular formula is C15H24BrNS. The Morgan fingerprint density at radius 3 is 2.56 bits per heavy atom. The normalized spacial score (nSPS) is 13.0. The van der Waals surface area contributed by atoms with Crippen LogP contribution in [0.2, 0.25) is 0 Å². The predicted octanol–water partition coefficient (Wildman–Crippen LogP) is 5.26. The van der Waals surface area contributed by atoms with Gasteiger partial charge in [0.25, 0.3) is 0 Å². The highest BCUT2D eigenvalue weighted by molar-refractivity contribution is 9.10. The van der Waals surface area contributed by atoms with Crippen LogP contribution in [0, 0.1) is 5.92 Å². The van der Waals surface area contributed by atoms with Gasteiger partial charge in [0.15, 0.2) is 0 Å². The summed E-state index contributed by atoms with van der Waals surface area (Å²) in [4.78, 5) is 1.34. The summed E-state index contributed by atoms with van der Waals surface area (Å²) in [5.41, 5.74) is 1.35. The van der Waals surface area contributed by atoms with Gasteiger partial charge in [-0.1, -0.05) is 26.8 Å². The second kappa shape index (κ2) is 8.23. The molecule has 0 heterocycles. The number of nitrogens with one attached hydrogen (secondary N) is 1. The number of thioether (sulfide) groups is 1. The van der Waals surface area contributed by atoms with E-state index in [4.69, 9.17) is 0 Å². The van der Waals surface area contributed by atoms with Gasteiger partial charge < -0.3 is 5.32 Å². The highest BCUT2D eigenvalue weighted by Gasteiger charge is 2.08. The molecule has 1 nitrogen and oxygen atoms in total. The first-order valence-electron chi connectivity index (χ1n) is 6.70. The van der Waals surface area contributed by atoms with Gasteiger partial charge in [-0.05, 0) is 59.4 Å². The Morgan fingerprint density at radius 2 is 2.00 bits per heavy atom. The molecule has 0 saturated heterocycles. The largest absolute Gasteiger partial charge is 0.310 e. The van der Waals surface area contributed by atoms with Crippen molar-refractivity contribution >= 4 is 27.7 Å². The molecule has 0 aliphatic carbocycles. The lowest BCUT2D eigenvalue weighted by Gasteiger charge is -2.15. The monoisotopic (exact) mass is 329 g/mol. The molecule has 0 fully saturated rings. The van der Waals surface area contributed by atoms with E-state index in [1.165, 1.54) is 27.1 Å². The zero-order valence-electron chi connectivity index (χ0n) is 11.8. The van der Waals surface area contributed by atoms with Crippen molar-refractivity contribution in [1.82, 2.24) is 5.32 Å². The molecule has 0 spiro atoms. The molecule has 1 aromatic rings. The highest BCUT2D eigenvalue weighted by atomic mass is 79.9. The Kier molecular flexibility index (Phi) is 7.35. The van der Waals surface area contributed by atoms with Crippen LogP contribution in [0.5, 0.6) is 0 Å². The molecule has 0 amide bonds. The van der Waals surface area contributed by atoms with Crippen LogP contribution in [0.3, 0.4) is 0 Å². The van der Waals surface area contributed by atoms with Crippen LogP contribution >= 0.6 is 27.7 Å². The topological polar surface area (TPSA) is 12.0 Å². The summed E-state index contributed by atoms with van der Waals surface area (Å²) in [5.74, 6) is 1.90. The first kappa shape index (κ1) is 16.1. The fourth-order valence-electron chi connectivity index (χ4n) is 1.64. The number of halogens is 1. The van der Waals surface area contributed by atoms with E-state index in [0.29, 0.717) is 6.04 Å². The van der Waals surface area contributed by atoms with Crippen molar-refractivity contribution in [2.75, 3.05) is 12.3 Å². The van der Waals surface area contributed by atoms with Crippen LogP contribution < -0.4 is 5.32 Å². The minimum atomic E-state index is 0.422. The van der Waals surface area contributed by atoms with E-state index in [1.807, 2.05) is 11.8 Å². The van der Waals surface area contributed by atoms with Crippen molar-refractivity contribution in [2.24, 2.45) is 5.92 Å². The van der Waals surface area contributed by atoms with Gasteiger partial charge in [-0.15, -0.1) is 11.8 Å². The SMILES string of the molecule is CCCNC(C)c1ccc(SCC(C)C)c(Br)c1. The van der Waals surface area contributed by atoms with Gasteiger partial charge in [0, 0.05) is 21.2 Å². The van der Waals surface area contributed by atoms with E-state index in [9.17, 15) is 0 Å². The molecule has 1 aromatic carbocycles. The summed E-state index contributed by atoms with van der Waals surface area (Å²) in [6, 6.07) is 7.14. The second-order valence-corrected chi connectivity index (χ2v) is 6.99. The van der Waals surface area contributed by atoms with Crippen molar-refractivity contribution in [2.45, 2.75) is 45.1 Å². The van der Waals surface area contributed by atoms with Crippen LogP contribution in [0.25, 0.3) is 0 Å². The average molecular weight is 330 g/mol. The van der Waals surface area contributed by atoms with Crippen LogP contribution in [0.1, 0.15) is 45.7 Å². The van der Waals surface area contributed by atoms with E-state index in [1.54, 1.807) is 0 Å². The van der Waals surface area contributed by atoms with Crippen molar-refractivity contribution < 1.29 is 0 Å². The van der Waals surface area contributed by atoms with Gasteiger partial charge >= 0.3 is 0 Å². The number of hydrogen-bond acceptors (Lipinski definition) is 2. The molecule has 1 N–H and O–H groups in total. The third-order valence-electron chi connectivity index (χ3n) is 2.73. The first-order valence-corrected chi connectivity index (χ1v) is 8.48. The summed E-state index contributed by atoms with van der Waals surface area (Å²) >= 11 is 5.61.